The highest BCUT2D eigenvalue weighted by atomic mass is 16.4. The van der Waals surface area contributed by atoms with Gasteiger partial charge in [-0.1, -0.05) is 18.2 Å². The summed E-state index contributed by atoms with van der Waals surface area (Å²) in [4.78, 5) is 23.0. The number of para-hydroxylation sites is 1. The summed E-state index contributed by atoms with van der Waals surface area (Å²) < 4.78 is 0. The molecule has 5 heteroatoms. The van der Waals surface area contributed by atoms with Crippen LogP contribution in [0.4, 0.5) is 5.69 Å². The Hall–Kier alpha value is -2.04. The Morgan fingerprint density at radius 2 is 2.18 bits per heavy atom. The van der Waals surface area contributed by atoms with Gasteiger partial charge in [0, 0.05) is 12.2 Å². The fraction of sp³-hybridized carbons (Fsp3) is 0.333. The molecule has 1 aromatic carbocycles. The van der Waals surface area contributed by atoms with Crippen molar-refractivity contribution >= 4 is 17.6 Å². The van der Waals surface area contributed by atoms with Gasteiger partial charge in [0.15, 0.2) is 0 Å². The van der Waals surface area contributed by atoms with Crippen LogP contribution in [-0.4, -0.2) is 29.6 Å². The number of carbonyl (C=O) groups is 2. The Morgan fingerprint density at radius 3 is 2.88 bits per heavy atom. The average Bonchev–Trinajstić information content (AvgIpc) is 2.84. The molecule has 1 spiro atoms. The molecule has 2 unspecified atom stereocenters. The number of carboxylic acids is 1. The second-order valence-electron chi connectivity index (χ2n) is 4.55. The number of hydrogen-bond acceptors (Lipinski definition) is 3. The third kappa shape index (κ3) is 1.25. The van der Waals surface area contributed by atoms with Crippen molar-refractivity contribution in [3.05, 3.63) is 29.8 Å². The lowest BCUT2D eigenvalue weighted by molar-refractivity contribution is -0.140. The monoisotopic (exact) mass is 232 g/mol. The highest BCUT2D eigenvalue weighted by molar-refractivity contribution is 5.98. The van der Waals surface area contributed by atoms with Crippen LogP contribution in [0.2, 0.25) is 0 Å². The van der Waals surface area contributed by atoms with Gasteiger partial charge in [-0.15, -0.1) is 0 Å². The lowest BCUT2D eigenvalue weighted by Crippen LogP contribution is -2.37. The first-order valence-electron chi connectivity index (χ1n) is 5.51. The second-order valence-corrected chi connectivity index (χ2v) is 4.55. The van der Waals surface area contributed by atoms with Crippen LogP contribution in [0.5, 0.6) is 0 Å². The molecule has 3 N–H and O–H groups in total. The van der Waals surface area contributed by atoms with Crippen LogP contribution in [0.1, 0.15) is 12.0 Å². The predicted molar refractivity (Wildman–Crippen MR) is 60.8 cm³/mol. The Labute approximate surface area is 97.8 Å². The minimum absolute atomic E-state index is 0.192. The zero-order valence-corrected chi connectivity index (χ0v) is 9.06. The van der Waals surface area contributed by atoms with Crippen molar-refractivity contribution in [2.75, 3.05) is 11.9 Å². The summed E-state index contributed by atoms with van der Waals surface area (Å²) in [5, 5.41) is 14.7. The summed E-state index contributed by atoms with van der Waals surface area (Å²) in [7, 11) is 0. The normalized spacial score (nSPS) is 29.9. The Bertz CT molecular complexity index is 514. The van der Waals surface area contributed by atoms with Crippen LogP contribution < -0.4 is 10.6 Å². The van der Waals surface area contributed by atoms with Crippen molar-refractivity contribution in [3.8, 4) is 0 Å². The maximum Gasteiger partial charge on any atom is 0.326 e. The minimum Gasteiger partial charge on any atom is -0.480 e. The zero-order valence-electron chi connectivity index (χ0n) is 9.06. The van der Waals surface area contributed by atoms with Crippen LogP contribution in [-0.2, 0) is 15.0 Å². The van der Waals surface area contributed by atoms with Crippen LogP contribution in [0, 0.1) is 0 Å². The van der Waals surface area contributed by atoms with Crippen LogP contribution in [0.15, 0.2) is 24.3 Å². The summed E-state index contributed by atoms with van der Waals surface area (Å²) in [5.41, 5.74) is 1.12. The van der Waals surface area contributed by atoms with Gasteiger partial charge >= 0.3 is 5.97 Å². The van der Waals surface area contributed by atoms with Crippen LogP contribution in [0.25, 0.3) is 0 Å². The van der Waals surface area contributed by atoms with Gasteiger partial charge in [0.05, 0.1) is 5.41 Å². The zero-order chi connectivity index (χ0) is 12.0. The molecule has 0 aromatic heterocycles. The van der Waals surface area contributed by atoms with Gasteiger partial charge in [-0.3, -0.25) is 4.79 Å². The third-order valence-electron chi connectivity index (χ3n) is 3.61. The first kappa shape index (κ1) is 10.1. The van der Waals surface area contributed by atoms with E-state index in [-0.39, 0.29) is 5.91 Å². The molecule has 0 saturated carbocycles. The van der Waals surface area contributed by atoms with Gasteiger partial charge in [0.2, 0.25) is 5.91 Å². The van der Waals surface area contributed by atoms with E-state index in [1.807, 2.05) is 24.3 Å². The summed E-state index contributed by atoms with van der Waals surface area (Å²) >= 11 is 0. The van der Waals surface area contributed by atoms with E-state index in [1.54, 1.807) is 0 Å². The lowest BCUT2D eigenvalue weighted by Gasteiger charge is -2.19. The molecule has 2 heterocycles. The van der Waals surface area contributed by atoms with Gasteiger partial charge in [-0.2, -0.15) is 0 Å². The molecule has 1 amide bonds. The molecule has 2 aliphatic heterocycles. The maximum atomic E-state index is 12.1. The molecule has 1 aromatic rings. The van der Waals surface area contributed by atoms with Gasteiger partial charge in [-0.05, 0) is 18.1 Å². The van der Waals surface area contributed by atoms with Crippen molar-refractivity contribution < 1.29 is 14.7 Å². The van der Waals surface area contributed by atoms with Crippen molar-refractivity contribution in [1.29, 1.82) is 0 Å². The van der Waals surface area contributed by atoms with E-state index in [2.05, 4.69) is 10.6 Å². The lowest BCUT2D eigenvalue weighted by atomic mass is 9.79. The highest BCUT2D eigenvalue weighted by Gasteiger charge is 2.53. The molecular formula is C12H12N2O3. The van der Waals surface area contributed by atoms with Gasteiger partial charge in [0.1, 0.15) is 6.04 Å². The molecule has 5 nitrogen and oxygen atoms in total. The molecule has 2 atom stereocenters. The summed E-state index contributed by atoms with van der Waals surface area (Å²) in [5.74, 6) is -1.16. The molecule has 0 bridgehead atoms. The van der Waals surface area contributed by atoms with Gasteiger partial charge < -0.3 is 15.7 Å². The first-order chi connectivity index (χ1) is 8.13. The number of aliphatic carboxylic acids is 1. The smallest absolute Gasteiger partial charge is 0.326 e. The van der Waals surface area contributed by atoms with E-state index in [9.17, 15) is 9.59 Å². The van der Waals surface area contributed by atoms with E-state index in [0.29, 0.717) is 13.0 Å². The van der Waals surface area contributed by atoms with Gasteiger partial charge in [0.25, 0.3) is 0 Å². The van der Waals surface area contributed by atoms with E-state index >= 15 is 0 Å². The van der Waals surface area contributed by atoms with Crippen molar-refractivity contribution in [2.24, 2.45) is 0 Å². The molecule has 88 valence electrons. The molecule has 1 fully saturated rings. The molecule has 17 heavy (non-hydrogen) atoms. The molecule has 2 aliphatic rings. The number of carbonyl (C=O) groups excluding carboxylic acids is 1. The van der Waals surface area contributed by atoms with Gasteiger partial charge in [-0.25, -0.2) is 4.79 Å². The number of amides is 1. The fourth-order valence-electron chi connectivity index (χ4n) is 2.72. The Balaban J connectivity index is 2.05. The standard InChI is InChI=1S/C12H12N2O3/c15-10(16)9-5-12(11(17)14-9)6-13-8-4-2-1-3-7(8)12/h1-4,9,13H,5-6H2,(H,14,17)(H,15,16). The fourth-order valence-corrected chi connectivity index (χ4v) is 2.72. The quantitative estimate of drug-likeness (QED) is 0.651. The van der Waals surface area contributed by atoms with Crippen molar-refractivity contribution in [3.63, 3.8) is 0 Å². The predicted octanol–water partition coefficient (Wildman–Crippen LogP) is 0.323. The maximum absolute atomic E-state index is 12.1. The molecule has 0 radical (unpaired) electrons. The summed E-state index contributed by atoms with van der Waals surface area (Å²) in [6.45, 7) is 0.474. The highest BCUT2D eigenvalue weighted by Crippen LogP contribution is 2.42. The molecule has 1 saturated heterocycles. The topological polar surface area (TPSA) is 78.4 Å². The number of carboxylic acid groups (broad SMARTS) is 1. The number of rotatable bonds is 1. The number of anilines is 1. The Kier molecular flexibility index (Phi) is 1.92. The average molecular weight is 232 g/mol. The van der Waals surface area contributed by atoms with Crippen molar-refractivity contribution in [1.82, 2.24) is 5.32 Å². The number of hydrogen-bond donors (Lipinski definition) is 3. The third-order valence-corrected chi connectivity index (χ3v) is 3.61. The molecular weight excluding hydrogens is 220 g/mol. The first-order valence-corrected chi connectivity index (χ1v) is 5.51. The number of fused-ring (bicyclic) bond motifs is 2. The minimum atomic E-state index is -0.973. The van der Waals surface area contributed by atoms with E-state index in [0.717, 1.165) is 11.3 Å². The number of nitrogens with one attached hydrogen (secondary N) is 2. The molecule has 0 aliphatic carbocycles. The second kappa shape index (κ2) is 3.23. The number of benzene rings is 1. The van der Waals surface area contributed by atoms with E-state index in [1.165, 1.54) is 0 Å². The Morgan fingerprint density at radius 1 is 1.41 bits per heavy atom. The summed E-state index contributed by atoms with van der Waals surface area (Å²) in [6.07, 6.45) is 0.311. The molecule has 3 rings (SSSR count). The van der Waals surface area contributed by atoms with Crippen LogP contribution in [0.3, 0.4) is 0 Å². The summed E-state index contributed by atoms with van der Waals surface area (Å²) in [6, 6.07) is 6.78. The SMILES string of the molecule is O=C(O)C1CC2(CNc3ccccc32)C(=O)N1. The largest absolute Gasteiger partial charge is 0.480 e. The van der Waals surface area contributed by atoms with E-state index < -0.39 is 17.4 Å². The van der Waals surface area contributed by atoms with Crippen molar-refractivity contribution in [2.45, 2.75) is 17.9 Å². The van der Waals surface area contributed by atoms with E-state index in [4.69, 9.17) is 5.11 Å². The van der Waals surface area contributed by atoms with Crippen LogP contribution >= 0.6 is 0 Å².